The van der Waals surface area contributed by atoms with E-state index in [1.54, 1.807) is 6.92 Å². The molecule has 2 nitrogen and oxygen atoms in total. The Morgan fingerprint density at radius 2 is 2.23 bits per heavy atom. The fraction of sp³-hybridized carbons (Fsp3) is 0.818. The summed E-state index contributed by atoms with van der Waals surface area (Å²) in [5, 5.41) is 9.30. The minimum absolute atomic E-state index is 0.0538. The monoisotopic (exact) mass is 184 g/mol. The Morgan fingerprint density at radius 3 is 2.62 bits per heavy atom. The first-order valence-electron chi connectivity index (χ1n) is 4.95. The van der Waals surface area contributed by atoms with Crippen molar-refractivity contribution in [2.24, 2.45) is 0 Å². The van der Waals surface area contributed by atoms with Gasteiger partial charge < -0.3 is 9.84 Å². The second-order valence-corrected chi connectivity index (χ2v) is 4.41. The van der Waals surface area contributed by atoms with Gasteiger partial charge in [0, 0.05) is 0 Å². The van der Waals surface area contributed by atoms with E-state index in [1.165, 1.54) is 5.57 Å². The summed E-state index contributed by atoms with van der Waals surface area (Å²) in [4.78, 5) is 0. The van der Waals surface area contributed by atoms with E-state index >= 15 is 0 Å². The first kappa shape index (κ1) is 10.7. The van der Waals surface area contributed by atoms with Crippen LogP contribution >= 0.6 is 0 Å². The van der Waals surface area contributed by atoms with E-state index in [0.717, 1.165) is 12.8 Å². The first-order valence-corrected chi connectivity index (χ1v) is 4.95. The van der Waals surface area contributed by atoms with Gasteiger partial charge in [0.2, 0.25) is 0 Å². The van der Waals surface area contributed by atoms with Crippen LogP contribution in [0.3, 0.4) is 0 Å². The van der Waals surface area contributed by atoms with Crippen molar-refractivity contribution in [3.63, 3.8) is 0 Å². The maximum Gasteiger partial charge on any atom is 0.113 e. The third kappa shape index (κ3) is 2.82. The number of aliphatic hydroxyl groups is 1. The molecule has 1 heterocycles. The summed E-state index contributed by atoms with van der Waals surface area (Å²) in [5.74, 6) is 0. The van der Waals surface area contributed by atoms with Crippen LogP contribution in [0, 0.1) is 0 Å². The predicted molar refractivity (Wildman–Crippen MR) is 53.6 cm³/mol. The SMILES string of the molecule is CC(C)=CCC[C@]1(C)O[C@@H]1[C@@H](C)O. The summed E-state index contributed by atoms with van der Waals surface area (Å²) < 4.78 is 5.47. The molecule has 1 aliphatic rings. The summed E-state index contributed by atoms with van der Waals surface area (Å²) in [6, 6.07) is 0. The van der Waals surface area contributed by atoms with Crippen molar-refractivity contribution in [2.45, 2.75) is 58.3 Å². The number of epoxide rings is 1. The van der Waals surface area contributed by atoms with Gasteiger partial charge in [0.15, 0.2) is 0 Å². The molecule has 1 fully saturated rings. The predicted octanol–water partition coefficient (Wildman–Crippen LogP) is 2.27. The lowest BCUT2D eigenvalue weighted by Crippen LogP contribution is -2.19. The van der Waals surface area contributed by atoms with E-state index in [0.29, 0.717) is 0 Å². The number of hydrogen-bond acceptors (Lipinski definition) is 2. The zero-order valence-electron chi connectivity index (χ0n) is 9.00. The molecule has 0 aromatic carbocycles. The van der Waals surface area contributed by atoms with Gasteiger partial charge in [0.25, 0.3) is 0 Å². The Balaban J connectivity index is 2.28. The molecule has 0 aromatic heterocycles. The molecule has 1 N–H and O–H groups in total. The van der Waals surface area contributed by atoms with Crippen molar-refractivity contribution in [2.75, 3.05) is 0 Å². The van der Waals surface area contributed by atoms with Crippen LogP contribution in [-0.2, 0) is 4.74 Å². The van der Waals surface area contributed by atoms with Crippen molar-refractivity contribution >= 4 is 0 Å². The van der Waals surface area contributed by atoms with Gasteiger partial charge in [0.1, 0.15) is 6.10 Å². The summed E-state index contributed by atoms with van der Waals surface area (Å²) in [7, 11) is 0. The summed E-state index contributed by atoms with van der Waals surface area (Å²) in [6.07, 6.45) is 3.98. The lowest BCUT2D eigenvalue weighted by atomic mass is 9.98. The Bertz CT molecular complexity index is 204. The van der Waals surface area contributed by atoms with Crippen LogP contribution in [0.4, 0.5) is 0 Å². The maximum atomic E-state index is 9.30. The molecule has 1 rings (SSSR count). The van der Waals surface area contributed by atoms with Gasteiger partial charge in [0.05, 0.1) is 11.7 Å². The standard InChI is InChI=1S/C11H20O2/c1-8(2)6-5-7-11(4)10(13-11)9(3)12/h6,9-10,12H,5,7H2,1-4H3/t9-,10-,11+/m1/s1. The number of allylic oxidation sites excluding steroid dienone is 2. The molecular weight excluding hydrogens is 164 g/mol. The lowest BCUT2D eigenvalue weighted by molar-refractivity contribution is 0.152. The molecule has 13 heavy (non-hydrogen) atoms. The van der Waals surface area contributed by atoms with E-state index in [2.05, 4.69) is 26.8 Å². The zero-order valence-corrected chi connectivity index (χ0v) is 9.00. The molecule has 0 radical (unpaired) electrons. The molecule has 3 atom stereocenters. The van der Waals surface area contributed by atoms with Crippen molar-refractivity contribution < 1.29 is 9.84 Å². The second-order valence-electron chi connectivity index (χ2n) is 4.41. The molecule has 0 aliphatic carbocycles. The fourth-order valence-corrected chi connectivity index (χ4v) is 1.71. The Morgan fingerprint density at radius 1 is 1.62 bits per heavy atom. The van der Waals surface area contributed by atoms with Gasteiger partial charge in [-0.15, -0.1) is 0 Å². The van der Waals surface area contributed by atoms with Crippen molar-refractivity contribution in [3.05, 3.63) is 11.6 Å². The number of hydrogen-bond donors (Lipinski definition) is 1. The molecule has 76 valence electrons. The Kier molecular flexibility index (Phi) is 3.14. The lowest BCUT2D eigenvalue weighted by Gasteiger charge is -2.05. The highest BCUT2D eigenvalue weighted by Gasteiger charge is 2.53. The van der Waals surface area contributed by atoms with Gasteiger partial charge in [-0.2, -0.15) is 0 Å². The van der Waals surface area contributed by atoms with Crippen molar-refractivity contribution in [3.8, 4) is 0 Å². The molecular formula is C11H20O2. The minimum Gasteiger partial charge on any atom is -0.391 e. The summed E-state index contributed by atoms with van der Waals surface area (Å²) in [5.41, 5.74) is 1.28. The molecule has 0 saturated carbocycles. The van der Waals surface area contributed by atoms with Crippen LogP contribution < -0.4 is 0 Å². The number of aliphatic hydroxyl groups excluding tert-OH is 1. The topological polar surface area (TPSA) is 32.8 Å². The van der Waals surface area contributed by atoms with Gasteiger partial charge in [-0.1, -0.05) is 11.6 Å². The van der Waals surface area contributed by atoms with Gasteiger partial charge >= 0.3 is 0 Å². The molecule has 2 heteroatoms. The molecule has 0 aromatic rings. The van der Waals surface area contributed by atoms with E-state index < -0.39 is 0 Å². The van der Waals surface area contributed by atoms with E-state index in [-0.39, 0.29) is 17.8 Å². The zero-order chi connectivity index (χ0) is 10.1. The average Bonchev–Trinajstić information content (AvgIpc) is 2.62. The molecule has 0 amide bonds. The highest BCUT2D eigenvalue weighted by molar-refractivity contribution is 5.04. The number of rotatable bonds is 4. The van der Waals surface area contributed by atoms with Crippen LogP contribution in [0.25, 0.3) is 0 Å². The third-order valence-electron chi connectivity index (χ3n) is 2.57. The van der Waals surface area contributed by atoms with Crippen LogP contribution in [0.2, 0.25) is 0 Å². The minimum atomic E-state index is -0.336. The Hall–Kier alpha value is -0.340. The van der Waals surface area contributed by atoms with Crippen LogP contribution in [0.15, 0.2) is 11.6 Å². The van der Waals surface area contributed by atoms with Gasteiger partial charge in [-0.05, 0) is 40.5 Å². The summed E-state index contributed by atoms with van der Waals surface area (Å²) in [6.45, 7) is 8.06. The third-order valence-corrected chi connectivity index (χ3v) is 2.57. The highest BCUT2D eigenvalue weighted by atomic mass is 16.6. The average molecular weight is 184 g/mol. The second kappa shape index (κ2) is 3.81. The van der Waals surface area contributed by atoms with Crippen LogP contribution in [-0.4, -0.2) is 22.9 Å². The van der Waals surface area contributed by atoms with Crippen LogP contribution in [0.1, 0.15) is 40.5 Å². The van der Waals surface area contributed by atoms with E-state index in [9.17, 15) is 5.11 Å². The highest BCUT2D eigenvalue weighted by Crippen LogP contribution is 2.42. The van der Waals surface area contributed by atoms with Gasteiger partial charge in [-0.3, -0.25) is 0 Å². The Labute approximate surface area is 80.6 Å². The van der Waals surface area contributed by atoms with Crippen molar-refractivity contribution in [1.82, 2.24) is 0 Å². The molecule has 1 saturated heterocycles. The first-order chi connectivity index (χ1) is 5.96. The maximum absolute atomic E-state index is 9.30. The molecule has 0 spiro atoms. The van der Waals surface area contributed by atoms with E-state index in [4.69, 9.17) is 4.74 Å². The molecule has 0 bridgehead atoms. The summed E-state index contributed by atoms with van der Waals surface area (Å²) >= 11 is 0. The molecule has 0 unspecified atom stereocenters. The number of ether oxygens (including phenoxy) is 1. The quantitative estimate of drug-likeness (QED) is 0.537. The molecule has 1 aliphatic heterocycles. The largest absolute Gasteiger partial charge is 0.391 e. The van der Waals surface area contributed by atoms with E-state index in [1.807, 2.05) is 0 Å². The fourth-order valence-electron chi connectivity index (χ4n) is 1.71. The van der Waals surface area contributed by atoms with Crippen LogP contribution in [0.5, 0.6) is 0 Å². The van der Waals surface area contributed by atoms with Crippen molar-refractivity contribution in [1.29, 1.82) is 0 Å². The van der Waals surface area contributed by atoms with Gasteiger partial charge in [-0.25, -0.2) is 0 Å². The normalized spacial score (nSPS) is 34.1. The smallest absolute Gasteiger partial charge is 0.113 e.